The van der Waals surface area contributed by atoms with Crippen LogP contribution in [0.1, 0.15) is 12.0 Å². The van der Waals surface area contributed by atoms with Gasteiger partial charge in [0.05, 0.1) is 0 Å². The molecule has 20 heavy (non-hydrogen) atoms. The fourth-order valence-corrected chi connectivity index (χ4v) is 1.93. The number of pyridine rings is 1. The van der Waals surface area contributed by atoms with Gasteiger partial charge in [0, 0.05) is 29.4 Å². The molecular formula is C14H13ClN2O3. The van der Waals surface area contributed by atoms with Crippen molar-refractivity contribution < 1.29 is 15.0 Å². The lowest BCUT2D eigenvalue weighted by molar-refractivity contribution is -0.136. The maximum Gasteiger partial charge on any atom is 0.303 e. The maximum absolute atomic E-state index is 10.6. The van der Waals surface area contributed by atoms with Crippen LogP contribution in [-0.4, -0.2) is 21.2 Å². The number of hydrogen-bond donors (Lipinski definition) is 3. The first kappa shape index (κ1) is 14.1. The van der Waals surface area contributed by atoms with Crippen molar-refractivity contribution >= 4 is 29.1 Å². The lowest BCUT2D eigenvalue weighted by atomic mass is 10.1. The molecule has 0 unspecified atom stereocenters. The third-order valence-electron chi connectivity index (χ3n) is 2.67. The van der Waals surface area contributed by atoms with E-state index in [4.69, 9.17) is 16.7 Å². The van der Waals surface area contributed by atoms with Gasteiger partial charge in [-0.1, -0.05) is 11.6 Å². The Balaban J connectivity index is 2.16. The number of rotatable bonds is 5. The van der Waals surface area contributed by atoms with Gasteiger partial charge in [0.25, 0.3) is 0 Å². The zero-order chi connectivity index (χ0) is 14.5. The molecule has 0 fully saturated rings. The summed E-state index contributed by atoms with van der Waals surface area (Å²) in [6, 6.07) is 8.20. The SMILES string of the molecule is O=C(O)CCc1cc(Nc2cc(O)ccn2)ccc1Cl. The van der Waals surface area contributed by atoms with Gasteiger partial charge in [0.1, 0.15) is 11.6 Å². The minimum Gasteiger partial charge on any atom is -0.508 e. The Hall–Kier alpha value is -2.27. The van der Waals surface area contributed by atoms with Crippen molar-refractivity contribution in [1.82, 2.24) is 4.98 Å². The monoisotopic (exact) mass is 292 g/mol. The van der Waals surface area contributed by atoms with Crippen LogP contribution in [0.4, 0.5) is 11.5 Å². The van der Waals surface area contributed by atoms with E-state index in [2.05, 4.69) is 10.3 Å². The predicted octanol–water partition coefficient (Wildman–Crippen LogP) is 3.20. The van der Waals surface area contributed by atoms with Crippen LogP contribution < -0.4 is 5.32 Å². The average molecular weight is 293 g/mol. The van der Waals surface area contributed by atoms with Crippen molar-refractivity contribution in [2.45, 2.75) is 12.8 Å². The molecule has 0 radical (unpaired) electrons. The average Bonchev–Trinajstić information content (AvgIpc) is 2.39. The molecule has 0 aliphatic rings. The second-order valence-corrected chi connectivity index (χ2v) is 4.63. The summed E-state index contributed by atoms with van der Waals surface area (Å²) in [6.07, 6.45) is 1.86. The van der Waals surface area contributed by atoms with Gasteiger partial charge in [-0.25, -0.2) is 4.98 Å². The Morgan fingerprint density at radius 2 is 2.10 bits per heavy atom. The van der Waals surface area contributed by atoms with E-state index in [9.17, 15) is 9.90 Å². The number of carbonyl (C=O) groups is 1. The first-order valence-corrected chi connectivity index (χ1v) is 6.34. The molecule has 5 nitrogen and oxygen atoms in total. The molecule has 0 aliphatic heterocycles. The van der Waals surface area contributed by atoms with Gasteiger partial charge >= 0.3 is 5.97 Å². The molecular weight excluding hydrogens is 280 g/mol. The lowest BCUT2D eigenvalue weighted by Crippen LogP contribution is -1.99. The van der Waals surface area contributed by atoms with E-state index in [1.807, 2.05) is 0 Å². The molecule has 2 rings (SSSR count). The van der Waals surface area contributed by atoms with E-state index in [0.717, 1.165) is 11.3 Å². The third-order valence-corrected chi connectivity index (χ3v) is 3.04. The van der Waals surface area contributed by atoms with Crippen molar-refractivity contribution in [3.05, 3.63) is 47.1 Å². The van der Waals surface area contributed by atoms with Crippen molar-refractivity contribution in [1.29, 1.82) is 0 Å². The predicted molar refractivity (Wildman–Crippen MR) is 76.6 cm³/mol. The number of carboxylic acid groups (broad SMARTS) is 1. The molecule has 0 spiro atoms. The second-order valence-electron chi connectivity index (χ2n) is 4.22. The Bertz CT molecular complexity index is 632. The maximum atomic E-state index is 10.6. The van der Waals surface area contributed by atoms with Crippen LogP contribution in [0.5, 0.6) is 5.75 Å². The van der Waals surface area contributed by atoms with E-state index in [0.29, 0.717) is 17.3 Å². The van der Waals surface area contributed by atoms with E-state index in [1.165, 1.54) is 18.3 Å². The van der Waals surface area contributed by atoms with Gasteiger partial charge < -0.3 is 15.5 Å². The lowest BCUT2D eigenvalue weighted by Gasteiger charge is -2.09. The Labute approximate surface area is 120 Å². The van der Waals surface area contributed by atoms with Gasteiger partial charge in [-0.15, -0.1) is 0 Å². The fraction of sp³-hybridized carbons (Fsp3) is 0.143. The highest BCUT2D eigenvalue weighted by molar-refractivity contribution is 6.31. The summed E-state index contributed by atoms with van der Waals surface area (Å²) < 4.78 is 0. The Morgan fingerprint density at radius 1 is 1.30 bits per heavy atom. The van der Waals surface area contributed by atoms with E-state index >= 15 is 0 Å². The van der Waals surface area contributed by atoms with Crippen LogP contribution in [0.25, 0.3) is 0 Å². The van der Waals surface area contributed by atoms with Crippen molar-refractivity contribution in [2.75, 3.05) is 5.32 Å². The first-order valence-electron chi connectivity index (χ1n) is 5.97. The highest BCUT2D eigenvalue weighted by Gasteiger charge is 2.06. The number of carboxylic acids is 1. The number of aromatic hydroxyl groups is 1. The molecule has 2 aromatic rings. The number of aromatic nitrogens is 1. The number of anilines is 2. The summed E-state index contributed by atoms with van der Waals surface area (Å²) in [5.74, 6) is -0.256. The summed E-state index contributed by atoms with van der Waals surface area (Å²) in [7, 11) is 0. The number of hydrogen-bond acceptors (Lipinski definition) is 4. The highest BCUT2D eigenvalue weighted by atomic mass is 35.5. The molecule has 0 atom stereocenters. The minimum absolute atomic E-state index is 0.0214. The molecule has 0 aliphatic carbocycles. The molecule has 3 N–H and O–H groups in total. The molecule has 0 bridgehead atoms. The van der Waals surface area contributed by atoms with Gasteiger partial charge in [-0.05, 0) is 36.2 Å². The molecule has 1 heterocycles. The van der Waals surface area contributed by atoms with Crippen LogP contribution >= 0.6 is 11.6 Å². The second kappa shape index (κ2) is 6.25. The standard InChI is InChI=1S/C14H13ClN2O3/c15-12-3-2-10(7-9(12)1-4-14(19)20)17-13-8-11(18)5-6-16-13/h2-3,5-8H,1,4H2,(H,19,20)(H2,16,17,18). The minimum atomic E-state index is -0.867. The number of nitrogens with zero attached hydrogens (tertiary/aromatic N) is 1. The van der Waals surface area contributed by atoms with Crippen LogP contribution in [0.2, 0.25) is 5.02 Å². The molecule has 1 aromatic heterocycles. The number of benzene rings is 1. The van der Waals surface area contributed by atoms with Gasteiger partial charge in [-0.3, -0.25) is 4.79 Å². The zero-order valence-corrected chi connectivity index (χ0v) is 11.3. The molecule has 6 heteroatoms. The van der Waals surface area contributed by atoms with Gasteiger partial charge in [0.2, 0.25) is 0 Å². The molecule has 1 aromatic carbocycles. The van der Waals surface area contributed by atoms with Crippen LogP contribution in [0.3, 0.4) is 0 Å². The third kappa shape index (κ3) is 3.86. The fourth-order valence-electron chi connectivity index (χ4n) is 1.72. The normalized spacial score (nSPS) is 10.2. The summed E-state index contributed by atoms with van der Waals surface area (Å²) >= 11 is 6.03. The number of aryl methyl sites for hydroxylation is 1. The van der Waals surface area contributed by atoms with Crippen molar-refractivity contribution in [3.8, 4) is 5.75 Å². The number of halogens is 1. The van der Waals surface area contributed by atoms with E-state index in [1.54, 1.807) is 18.2 Å². The highest BCUT2D eigenvalue weighted by Crippen LogP contribution is 2.24. The smallest absolute Gasteiger partial charge is 0.303 e. The van der Waals surface area contributed by atoms with Gasteiger partial charge in [0.15, 0.2) is 0 Å². The largest absolute Gasteiger partial charge is 0.508 e. The Morgan fingerprint density at radius 3 is 2.80 bits per heavy atom. The van der Waals surface area contributed by atoms with E-state index in [-0.39, 0.29) is 12.2 Å². The summed E-state index contributed by atoms with van der Waals surface area (Å²) in [5.41, 5.74) is 1.48. The van der Waals surface area contributed by atoms with Crippen LogP contribution in [0.15, 0.2) is 36.5 Å². The van der Waals surface area contributed by atoms with Crippen molar-refractivity contribution in [3.63, 3.8) is 0 Å². The quantitative estimate of drug-likeness (QED) is 0.788. The van der Waals surface area contributed by atoms with Crippen LogP contribution in [0, 0.1) is 0 Å². The van der Waals surface area contributed by atoms with Crippen molar-refractivity contribution in [2.24, 2.45) is 0 Å². The Kier molecular flexibility index (Phi) is 4.42. The summed E-state index contributed by atoms with van der Waals surface area (Å²) in [5, 5.41) is 21.6. The molecule has 0 amide bonds. The topological polar surface area (TPSA) is 82.5 Å². The number of nitrogens with one attached hydrogen (secondary N) is 1. The van der Waals surface area contributed by atoms with Gasteiger partial charge in [-0.2, -0.15) is 0 Å². The molecule has 104 valence electrons. The molecule has 0 saturated heterocycles. The molecule has 0 saturated carbocycles. The van der Waals surface area contributed by atoms with Crippen LogP contribution in [-0.2, 0) is 11.2 Å². The summed E-state index contributed by atoms with van der Waals surface area (Å²) in [4.78, 5) is 14.7. The zero-order valence-electron chi connectivity index (χ0n) is 10.5. The first-order chi connectivity index (χ1) is 9.54. The summed E-state index contributed by atoms with van der Waals surface area (Å²) in [6.45, 7) is 0. The van der Waals surface area contributed by atoms with E-state index < -0.39 is 5.97 Å². The number of aliphatic carboxylic acids is 1.